The first-order valence-electron chi connectivity index (χ1n) is 7.50. The molecular weight excluding hydrogens is 330 g/mol. The summed E-state index contributed by atoms with van der Waals surface area (Å²) in [6.07, 6.45) is 3.90. The van der Waals surface area contributed by atoms with Gasteiger partial charge in [-0.25, -0.2) is 0 Å². The van der Waals surface area contributed by atoms with Crippen LogP contribution in [0, 0.1) is 0 Å². The summed E-state index contributed by atoms with van der Waals surface area (Å²) in [5.74, 6) is 1.59. The van der Waals surface area contributed by atoms with Crippen molar-refractivity contribution in [3.63, 3.8) is 0 Å². The molecule has 5 heteroatoms. The number of piperidine rings is 1. The van der Waals surface area contributed by atoms with Crippen molar-refractivity contribution in [2.24, 2.45) is 0 Å². The molecule has 0 bridgehead atoms. The van der Waals surface area contributed by atoms with E-state index in [1.165, 1.54) is 5.56 Å². The van der Waals surface area contributed by atoms with Crippen molar-refractivity contribution >= 4 is 15.9 Å². The Morgan fingerprint density at radius 2 is 2.14 bits per heavy atom. The number of nitrogens with one attached hydrogen (secondary N) is 1. The van der Waals surface area contributed by atoms with Gasteiger partial charge >= 0.3 is 0 Å². The lowest BCUT2D eigenvalue weighted by molar-refractivity contribution is 0.216. The van der Waals surface area contributed by atoms with E-state index in [4.69, 9.17) is 4.52 Å². The zero-order valence-corrected chi connectivity index (χ0v) is 13.8. The number of halogens is 1. The number of rotatable bonds is 4. The summed E-state index contributed by atoms with van der Waals surface area (Å²) < 4.78 is 6.68. The van der Waals surface area contributed by atoms with Gasteiger partial charge in [0.2, 0.25) is 5.89 Å². The van der Waals surface area contributed by atoms with Gasteiger partial charge in [0.05, 0.1) is 5.41 Å². The minimum atomic E-state index is 0.0633. The van der Waals surface area contributed by atoms with E-state index in [0.29, 0.717) is 6.42 Å². The monoisotopic (exact) mass is 349 g/mol. The van der Waals surface area contributed by atoms with Gasteiger partial charge in [-0.05, 0) is 50.0 Å². The van der Waals surface area contributed by atoms with Crippen molar-refractivity contribution in [1.29, 1.82) is 0 Å². The second-order valence-corrected chi connectivity index (χ2v) is 6.62. The van der Waals surface area contributed by atoms with Crippen LogP contribution < -0.4 is 5.32 Å². The van der Waals surface area contributed by atoms with E-state index >= 15 is 0 Å². The van der Waals surface area contributed by atoms with Gasteiger partial charge in [0.25, 0.3) is 0 Å². The molecule has 0 saturated carbocycles. The third kappa shape index (κ3) is 3.19. The molecule has 2 heterocycles. The maximum atomic E-state index is 5.60. The van der Waals surface area contributed by atoms with Crippen LogP contribution in [0.2, 0.25) is 0 Å². The average molecular weight is 350 g/mol. The Kier molecular flexibility index (Phi) is 4.40. The first-order chi connectivity index (χ1) is 10.2. The highest BCUT2D eigenvalue weighted by atomic mass is 79.9. The number of aromatic nitrogens is 2. The minimum absolute atomic E-state index is 0.0633. The van der Waals surface area contributed by atoms with Crippen LogP contribution >= 0.6 is 15.9 Å². The smallest absolute Gasteiger partial charge is 0.232 e. The van der Waals surface area contributed by atoms with Crippen LogP contribution in [0.15, 0.2) is 33.3 Å². The predicted octanol–water partition coefficient (Wildman–Crippen LogP) is 3.45. The summed E-state index contributed by atoms with van der Waals surface area (Å²) in [6.45, 7) is 4.26. The summed E-state index contributed by atoms with van der Waals surface area (Å²) in [5.41, 5.74) is 1.25. The van der Waals surface area contributed by atoms with Gasteiger partial charge in [0.15, 0.2) is 5.82 Å². The molecule has 0 aliphatic carbocycles. The van der Waals surface area contributed by atoms with Gasteiger partial charge < -0.3 is 9.84 Å². The highest BCUT2D eigenvalue weighted by molar-refractivity contribution is 9.10. The molecule has 0 spiro atoms. The van der Waals surface area contributed by atoms with Gasteiger partial charge in [0.1, 0.15) is 0 Å². The number of hydrogen-bond acceptors (Lipinski definition) is 4. The second kappa shape index (κ2) is 6.28. The summed E-state index contributed by atoms with van der Waals surface area (Å²) in [6, 6.07) is 8.23. The molecular formula is C16H20BrN3O. The molecule has 0 atom stereocenters. The van der Waals surface area contributed by atoms with Gasteiger partial charge in [-0.15, -0.1) is 0 Å². The lowest BCUT2D eigenvalue weighted by atomic mass is 9.76. The Morgan fingerprint density at radius 3 is 2.86 bits per heavy atom. The number of nitrogens with zero attached hydrogens (tertiary/aromatic N) is 2. The second-order valence-electron chi connectivity index (χ2n) is 5.71. The van der Waals surface area contributed by atoms with Crippen molar-refractivity contribution in [3.05, 3.63) is 46.0 Å². The molecule has 1 aliphatic heterocycles. The highest BCUT2D eigenvalue weighted by Crippen LogP contribution is 2.35. The Balaban J connectivity index is 1.79. The van der Waals surface area contributed by atoms with Crippen molar-refractivity contribution in [2.75, 3.05) is 13.1 Å². The molecule has 0 radical (unpaired) electrons. The molecule has 1 aromatic carbocycles. The summed E-state index contributed by atoms with van der Waals surface area (Å²) >= 11 is 3.49. The van der Waals surface area contributed by atoms with E-state index in [-0.39, 0.29) is 5.41 Å². The van der Waals surface area contributed by atoms with Crippen molar-refractivity contribution in [3.8, 4) is 0 Å². The fourth-order valence-electron chi connectivity index (χ4n) is 2.99. The molecule has 0 amide bonds. The molecule has 1 saturated heterocycles. The van der Waals surface area contributed by atoms with E-state index in [2.05, 4.69) is 50.4 Å². The standard InChI is InChI=1S/C16H20BrN3O/c1-2-16(6-8-18-9-7-16)15-19-14(20-21-15)11-12-4-3-5-13(17)10-12/h3-5,10,18H,2,6-9,11H2,1H3. The van der Waals surface area contributed by atoms with Crippen LogP contribution in [0.25, 0.3) is 0 Å². The van der Waals surface area contributed by atoms with Crippen LogP contribution in [-0.4, -0.2) is 23.2 Å². The molecule has 0 unspecified atom stereocenters. The zero-order chi connectivity index (χ0) is 14.7. The minimum Gasteiger partial charge on any atom is -0.339 e. The third-order valence-electron chi connectivity index (χ3n) is 4.41. The van der Waals surface area contributed by atoms with Gasteiger partial charge in [-0.1, -0.05) is 40.1 Å². The lowest BCUT2D eigenvalue weighted by Crippen LogP contribution is -2.39. The Hall–Kier alpha value is -1.20. The predicted molar refractivity (Wildman–Crippen MR) is 85.3 cm³/mol. The average Bonchev–Trinajstić information content (AvgIpc) is 2.97. The van der Waals surface area contributed by atoms with Gasteiger partial charge in [-0.2, -0.15) is 4.98 Å². The SMILES string of the molecule is CCC1(c2nc(Cc3cccc(Br)c3)no2)CCNCC1. The summed E-state index contributed by atoms with van der Waals surface area (Å²) in [5, 5.41) is 7.59. The molecule has 1 aliphatic rings. The summed E-state index contributed by atoms with van der Waals surface area (Å²) in [4.78, 5) is 4.68. The van der Waals surface area contributed by atoms with Crippen LogP contribution in [0.4, 0.5) is 0 Å². The highest BCUT2D eigenvalue weighted by Gasteiger charge is 2.37. The fraction of sp³-hybridized carbons (Fsp3) is 0.500. The van der Waals surface area contributed by atoms with Crippen LogP contribution in [0.1, 0.15) is 43.5 Å². The largest absolute Gasteiger partial charge is 0.339 e. The molecule has 1 N–H and O–H groups in total. The maximum absolute atomic E-state index is 5.60. The molecule has 21 heavy (non-hydrogen) atoms. The molecule has 1 aromatic heterocycles. The van der Waals surface area contributed by atoms with Crippen LogP contribution in [0.3, 0.4) is 0 Å². The van der Waals surface area contributed by atoms with Gasteiger partial charge in [0, 0.05) is 10.9 Å². The van der Waals surface area contributed by atoms with Crippen molar-refractivity contribution in [2.45, 2.75) is 38.0 Å². The zero-order valence-electron chi connectivity index (χ0n) is 12.2. The first-order valence-corrected chi connectivity index (χ1v) is 8.29. The summed E-state index contributed by atoms with van der Waals surface area (Å²) in [7, 11) is 0. The normalized spacial score (nSPS) is 17.8. The van der Waals surface area contributed by atoms with E-state index in [0.717, 1.165) is 48.5 Å². The Morgan fingerprint density at radius 1 is 1.33 bits per heavy atom. The van der Waals surface area contributed by atoms with Crippen LogP contribution in [0.5, 0.6) is 0 Å². The Labute approximate surface area is 133 Å². The molecule has 4 nitrogen and oxygen atoms in total. The van der Waals surface area contributed by atoms with Crippen molar-refractivity contribution < 1.29 is 4.52 Å². The molecule has 2 aromatic rings. The topological polar surface area (TPSA) is 51.0 Å². The molecule has 112 valence electrons. The Bertz CT molecular complexity index is 605. The lowest BCUT2D eigenvalue weighted by Gasteiger charge is -2.33. The number of benzene rings is 1. The first kappa shape index (κ1) is 14.7. The third-order valence-corrected chi connectivity index (χ3v) is 4.90. The van der Waals surface area contributed by atoms with Gasteiger partial charge in [-0.3, -0.25) is 0 Å². The molecule has 1 fully saturated rings. The molecule has 3 rings (SSSR count). The maximum Gasteiger partial charge on any atom is 0.232 e. The fourth-order valence-corrected chi connectivity index (χ4v) is 3.44. The van der Waals surface area contributed by atoms with Crippen molar-refractivity contribution in [1.82, 2.24) is 15.5 Å². The quantitative estimate of drug-likeness (QED) is 0.918. The van der Waals surface area contributed by atoms with E-state index in [1.54, 1.807) is 0 Å². The van der Waals surface area contributed by atoms with E-state index < -0.39 is 0 Å². The number of hydrogen-bond donors (Lipinski definition) is 1. The van der Waals surface area contributed by atoms with E-state index in [9.17, 15) is 0 Å². The van der Waals surface area contributed by atoms with E-state index in [1.807, 2.05) is 12.1 Å². The van der Waals surface area contributed by atoms with Crippen LogP contribution in [-0.2, 0) is 11.8 Å².